The average molecular weight is 660 g/mol. The Bertz CT molecular complexity index is 1800. The van der Waals surface area contributed by atoms with E-state index in [1.54, 1.807) is 11.8 Å². The minimum absolute atomic E-state index is 0.0505. The minimum atomic E-state index is -0.340. The van der Waals surface area contributed by atoms with Crippen molar-refractivity contribution in [3.8, 4) is 5.75 Å². The minimum Gasteiger partial charge on any atom is -0.489 e. The number of thiazole rings is 1. The summed E-state index contributed by atoms with van der Waals surface area (Å²) in [7, 11) is 0. The summed E-state index contributed by atoms with van der Waals surface area (Å²) >= 11 is 6.43. The van der Waals surface area contributed by atoms with Crippen molar-refractivity contribution in [3.63, 3.8) is 0 Å². The van der Waals surface area contributed by atoms with Crippen molar-refractivity contribution < 1.29 is 14.3 Å². The second kappa shape index (κ2) is 9.96. The molecule has 42 heavy (non-hydrogen) atoms. The lowest BCUT2D eigenvalue weighted by molar-refractivity contribution is -0.123. The van der Waals surface area contributed by atoms with Gasteiger partial charge in [0.15, 0.2) is 0 Å². The van der Waals surface area contributed by atoms with E-state index in [0.717, 1.165) is 37.7 Å². The number of amides is 2. The highest BCUT2D eigenvalue weighted by Crippen LogP contribution is 2.69. The maximum Gasteiger partial charge on any atom is 0.305 e. The Kier molecular flexibility index (Phi) is 6.28. The molecule has 3 fully saturated rings. The average Bonchev–Trinajstić information content (AvgIpc) is 3.72. The van der Waals surface area contributed by atoms with E-state index < -0.39 is 0 Å². The second-order valence-corrected chi connectivity index (χ2v) is 14.9. The maximum atomic E-state index is 14.0. The molecule has 2 saturated carbocycles. The molecule has 1 saturated heterocycles. The van der Waals surface area contributed by atoms with Crippen molar-refractivity contribution in [1.29, 1.82) is 0 Å². The molecule has 2 aliphatic carbocycles. The van der Waals surface area contributed by atoms with Gasteiger partial charge in [-0.3, -0.25) is 19.3 Å². The third kappa shape index (κ3) is 4.00. The van der Waals surface area contributed by atoms with Crippen LogP contribution in [0.15, 0.2) is 87.1 Å². The SMILES string of the molecule is Cc1cccc(COc2ccccc2[C@@H]2c3sc(=O)[nH]c3S[C@@H]3[C@@H]4C[C@@H]([C@@H]5C(=O)N(c6ccc(Br)cc6)C(=O)[C@@H]45)[C@@H]23)c1. The molecule has 9 heteroatoms. The Hall–Kier alpha value is -3.14. The molecule has 0 unspecified atom stereocenters. The zero-order valence-corrected chi connectivity index (χ0v) is 25.9. The number of fused-ring (bicyclic) bond motifs is 9. The summed E-state index contributed by atoms with van der Waals surface area (Å²) in [5.41, 5.74) is 3.96. The number of rotatable bonds is 5. The van der Waals surface area contributed by atoms with Gasteiger partial charge in [-0.25, -0.2) is 0 Å². The van der Waals surface area contributed by atoms with Crippen molar-refractivity contribution in [2.24, 2.45) is 29.6 Å². The van der Waals surface area contributed by atoms with Crippen LogP contribution in [0.1, 0.15) is 33.9 Å². The molecule has 2 bridgehead atoms. The number of hydrogen-bond acceptors (Lipinski definition) is 6. The normalized spacial score (nSPS) is 29.0. The molecular formula is C33H27BrN2O4S2. The van der Waals surface area contributed by atoms with Crippen molar-refractivity contribution in [2.75, 3.05) is 4.90 Å². The van der Waals surface area contributed by atoms with Crippen molar-refractivity contribution in [1.82, 2.24) is 4.98 Å². The van der Waals surface area contributed by atoms with Crippen LogP contribution in [-0.2, 0) is 16.2 Å². The van der Waals surface area contributed by atoms with Crippen LogP contribution < -0.4 is 14.5 Å². The highest BCUT2D eigenvalue weighted by molar-refractivity contribution is 9.10. The van der Waals surface area contributed by atoms with Gasteiger partial charge in [0.2, 0.25) is 11.8 Å². The number of carbonyl (C=O) groups is 2. The number of anilines is 1. The molecule has 0 spiro atoms. The predicted octanol–water partition coefficient (Wildman–Crippen LogP) is 6.76. The van der Waals surface area contributed by atoms with E-state index in [1.807, 2.05) is 48.5 Å². The third-order valence-electron chi connectivity index (χ3n) is 9.54. The Morgan fingerprint density at radius 3 is 2.50 bits per heavy atom. The molecule has 6 nitrogen and oxygen atoms in total. The van der Waals surface area contributed by atoms with Gasteiger partial charge in [-0.1, -0.05) is 75.3 Å². The number of para-hydroxylation sites is 1. The molecule has 3 heterocycles. The van der Waals surface area contributed by atoms with E-state index in [-0.39, 0.29) is 57.4 Å². The van der Waals surface area contributed by atoms with Crippen molar-refractivity contribution >= 4 is 56.5 Å². The lowest BCUT2D eigenvalue weighted by Gasteiger charge is -2.43. The quantitative estimate of drug-likeness (QED) is 0.240. The number of ether oxygens (including phenoxy) is 1. The summed E-state index contributed by atoms with van der Waals surface area (Å²) in [6.07, 6.45) is 0.852. The van der Waals surface area contributed by atoms with E-state index in [4.69, 9.17) is 4.74 Å². The Balaban J connectivity index is 1.18. The van der Waals surface area contributed by atoms with E-state index >= 15 is 0 Å². The van der Waals surface area contributed by atoms with Crippen LogP contribution in [0.2, 0.25) is 0 Å². The number of nitrogens with one attached hydrogen (secondary N) is 1. The molecule has 2 amide bonds. The van der Waals surface area contributed by atoms with Crippen LogP contribution in [0.25, 0.3) is 0 Å². The summed E-state index contributed by atoms with van der Waals surface area (Å²) in [6.45, 7) is 2.51. The second-order valence-electron chi connectivity index (χ2n) is 11.8. The molecule has 3 aromatic carbocycles. The van der Waals surface area contributed by atoms with E-state index in [2.05, 4.69) is 52.1 Å². The lowest BCUT2D eigenvalue weighted by atomic mass is 9.68. The Morgan fingerprint density at radius 2 is 1.71 bits per heavy atom. The predicted molar refractivity (Wildman–Crippen MR) is 167 cm³/mol. The molecule has 0 radical (unpaired) electrons. The lowest BCUT2D eigenvalue weighted by Crippen LogP contribution is -2.42. The zero-order chi connectivity index (χ0) is 28.7. The molecular weight excluding hydrogens is 632 g/mol. The van der Waals surface area contributed by atoms with Crippen LogP contribution in [0.5, 0.6) is 5.75 Å². The summed E-state index contributed by atoms with van der Waals surface area (Å²) in [5.74, 6) is 0.122. The molecule has 4 aromatic rings. The topological polar surface area (TPSA) is 79.5 Å². The van der Waals surface area contributed by atoms with E-state index in [9.17, 15) is 14.4 Å². The van der Waals surface area contributed by atoms with Gasteiger partial charge in [-0.15, -0.1) is 11.8 Å². The number of benzene rings is 3. The van der Waals surface area contributed by atoms with Gasteiger partial charge >= 0.3 is 4.87 Å². The summed E-state index contributed by atoms with van der Waals surface area (Å²) in [4.78, 5) is 46.0. The number of aryl methyl sites for hydroxylation is 1. The number of nitrogens with zero attached hydrogens (tertiary/aromatic N) is 1. The number of thioether (sulfide) groups is 1. The molecule has 1 aromatic heterocycles. The first kappa shape index (κ1) is 26.5. The molecule has 2 aliphatic heterocycles. The molecule has 4 aliphatic rings. The molecule has 1 N–H and O–H groups in total. The first-order valence-electron chi connectivity index (χ1n) is 14.2. The van der Waals surface area contributed by atoms with Gasteiger partial charge in [0.25, 0.3) is 0 Å². The van der Waals surface area contributed by atoms with Gasteiger partial charge in [0, 0.05) is 26.1 Å². The van der Waals surface area contributed by atoms with Crippen LogP contribution in [-0.4, -0.2) is 22.0 Å². The van der Waals surface area contributed by atoms with Crippen LogP contribution in [0, 0.1) is 36.5 Å². The number of imide groups is 1. The van der Waals surface area contributed by atoms with E-state index in [0.29, 0.717) is 12.3 Å². The molecule has 7 atom stereocenters. The summed E-state index contributed by atoms with van der Waals surface area (Å²) in [5, 5.41) is 1.03. The van der Waals surface area contributed by atoms with E-state index in [1.165, 1.54) is 21.8 Å². The van der Waals surface area contributed by atoms with Crippen LogP contribution in [0.3, 0.4) is 0 Å². The Labute approximate surface area is 259 Å². The maximum absolute atomic E-state index is 14.0. The Morgan fingerprint density at radius 1 is 0.952 bits per heavy atom. The first-order chi connectivity index (χ1) is 20.4. The molecule has 212 valence electrons. The monoisotopic (exact) mass is 658 g/mol. The largest absolute Gasteiger partial charge is 0.489 e. The molecule has 8 rings (SSSR count). The number of H-pyrrole nitrogens is 1. The zero-order valence-electron chi connectivity index (χ0n) is 22.7. The smallest absolute Gasteiger partial charge is 0.305 e. The summed E-state index contributed by atoms with van der Waals surface area (Å²) < 4.78 is 7.37. The highest BCUT2D eigenvalue weighted by atomic mass is 79.9. The standard InChI is InChI=1S/C33H27BrN2O4S2/c1-16-5-4-6-17(13-16)15-40-23-8-3-2-7-20(23)24-25-21-14-22(28(25)41-30-29(24)42-33(39)35-30)27-26(21)31(37)36(32(27)38)19-11-9-18(34)10-12-19/h2-13,21-22,24-28H,14-15H2,1H3,(H,35,39)/t21-,22-,24+,25+,26+,27+,28-/m1/s1. The number of carbonyl (C=O) groups excluding carboxylic acids is 2. The van der Waals surface area contributed by atoms with Crippen molar-refractivity contribution in [3.05, 3.63) is 109 Å². The van der Waals surface area contributed by atoms with Gasteiger partial charge in [-0.05, 0) is 67.0 Å². The number of aromatic nitrogens is 1. The van der Waals surface area contributed by atoms with Gasteiger partial charge in [0.1, 0.15) is 12.4 Å². The summed E-state index contributed by atoms with van der Waals surface area (Å²) in [6, 6.07) is 23.8. The number of aromatic amines is 1. The van der Waals surface area contributed by atoms with Crippen LogP contribution in [0.4, 0.5) is 5.69 Å². The van der Waals surface area contributed by atoms with Crippen LogP contribution >= 0.6 is 39.0 Å². The van der Waals surface area contributed by atoms with Gasteiger partial charge < -0.3 is 9.72 Å². The fraction of sp³-hybridized carbons (Fsp3) is 0.303. The highest BCUT2D eigenvalue weighted by Gasteiger charge is 2.69. The fourth-order valence-corrected chi connectivity index (χ4v) is 11.2. The van der Waals surface area contributed by atoms with Crippen molar-refractivity contribution in [2.45, 2.75) is 36.1 Å². The first-order valence-corrected chi connectivity index (χ1v) is 16.7. The number of hydrogen-bond donors (Lipinski definition) is 1. The number of halogens is 1. The fourth-order valence-electron chi connectivity index (χ4n) is 8.04. The van der Waals surface area contributed by atoms with Gasteiger partial charge in [0.05, 0.1) is 22.5 Å². The third-order valence-corrected chi connectivity index (χ3v) is 12.7. The van der Waals surface area contributed by atoms with Gasteiger partial charge in [-0.2, -0.15) is 0 Å².